The van der Waals surface area contributed by atoms with E-state index >= 15 is 0 Å². The van der Waals surface area contributed by atoms with Crippen molar-refractivity contribution < 1.29 is 14.4 Å². The fourth-order valence-corrected chi connectivity index (χ4v) is 6.41. The van der Waals surface area contributed by atoms with Crippen molar-refractivity contribution in [2.75, 3.05) is 6.54 Å². The minimum absolute atomic E-state index is 0.0416. The second kappa shape index (κ2) is 9.82. The summed E-state index contributed by atoms with van der Waals surface area (Å²) in [4.78, 5) is 41.7. The van der Waals surface area contributed by atoms with E-state index < -0.39 is 16.8 Å². The zero-order valence-corrected chi connectivity index (χ0v) is 21.0. The molecule has 0 radical (unpaired) electrons. The Morgan fingerprint density at radius 2 is 1.76 bits per heavy atom. The van der Waals surface area contributed by atoms with E-state index in [1.165, 1.54) is 0 Å². The first-order valence-electron chi connectivity index (χ1n) is 12.0. The highest BCUT2D eigenvalue weighted by Gasteiger charge is 2.57. The van der Waals surface area contributed by atoms with Crippen LogP contribution in [0.25, 0.3) is 0 Å². The van der Waals surface area contributed by atoms with Gasteiger partial charge < -0.3 is 15.5 Å². The quantitative estimate of drug-likeness (QED) is 0.602. The maximum atomic E-state index is 13.6. The number of rotatable bonds is 8. The molecule has 4 rings (SSSR count). The van der Waals surface area contributed by atoms with Crippen LogP contribution in [0.4, 0.5) is 0 Å². The minimum Gasteiger partial charge on any atom is -0.354 e. The SMILES string of the molecule is CC[C@@H](C)[C@H](NC(=O)[C@@H]1N2C(=O)c3ccccc3[C@@H]2SC1(C)C)C(=O)NCCc1ccccc1. The molecule has 0 aromatic heterocycles. The van der Waals surface area contributed by atoms with E-state index in [0.29, 0.717) is 12.1 Å². The highest BCUT2D eigenvalue weighted by Crippen LogP contribution is 2.56. The monoisotopic (exact) mass is 479 g/mol. The smallest absolute Gasteiger partial charge is 0.256 e. The van der Waals surface area contributed by atoms with Gasteiger partial charge in [0.25, 0.3) is 5.91 Å². The van der Waals surface area contributed by atoms with Crippen molar-refractivity contribution in [3.63, 3.8) is 0 Å². The van der Waals surface area contributed by atoms with Gasteiger partial charge in [0.05, 0.1) is 0 Å². The molecule has 34 heavy (non-hydrogen) atoms. The molecule has 2 aromatic rings. The molecule has 4 atom stereocenters. The Morgan fingerprint density at radius 3 is 2.47 bits per heavy atom. The van der Waals surface area contributed by atoms with Crippen molar-refractivity contribution in [3.05, 3.63) is 71.3 Å². The van der Waals surface area contributed by atoms with Gasteiger partial charge in [-0.3, -0.25) is 14.4 Å². The normalized spacial score (nSPS) is 22.0. The summed E-state index contributed by atoms with van der Waals surface area (Å²) in [5, 5.41) is 5.82. The molecule has 7 heteroatoms. The third-order valence-electron chi connectivity index (χ3n) is 6.89. The first-order chi connectivity index (χ1) is 16.2. The van der Waals surface area contributed by atoms with Crippen LogP contribution >= 0.6 is 11.8 Å². The Kier molecular flexibility index (Phi) is 7.03. The van der Waals surface area contributed by atoms with Gasteiger partial charge in [-0.05, 0) is 43.4 Å². The lowest BCUT2D eigenvalue weighted by atomic mass is 9.95. The van der Waals surface area contributed by atoms with Crippen molar-refractivity contribution >= 4 is 29.5 Å². The van der Waals surface area contributed by atoms with Crippen LogP contribution in [-0.2, 0) is 16.0 Å². The van der Waals surface area contributed by atoms with Crippen LogP contribution in [0.3, 0.4) is 0 Å². The van der Waals surface area contributed by atoms with E-state index in [0.717, 1.165) is 24.0 Å². The summed E-state index contributed by atoms with van der Waals surface area (Å²) >= 11 is 1.63. The second-order valence-electron chi connectivity index (χ2n) is 9.67. The fourth-order valence-electron chi connectivity index (χ4n) is 4.82. The third-order valence-corrected chi connectivity index (χ3v) is 8.43. The number of fused-ring (bicyclic) bond motifs is 3. The lowest BCUT2D eigenvalue weighted by Crippen LogP contribution is -2.58. The van der Waals surface area contributed by atoms with Crippen LogP contribution in [0.1, 0.15) is 61.0 Å². The summed E-state index contributed by atoms with van der Waals surface area (Å²) in [6, 6.07) is 16.2. The Bertz CT molecular complexity index is 1070. The molecule has 3 amide bonds. The maximum absolute atomic E-state index is 13.6. The molecule has 2 N–H and O–H groups in total. The van der Waals surface area contributed by atoms with Gasteiger partial charge in [0, 0.05) is 16.9 Å². The number of nitrogens with zero attached hydrogens (tertiary/aromatic N) is 1. The number of nitrogens with one attached hydrogen (secondary N) is 2. The van der Waals surface area contributed by atoms with E-state index in [1.807, 2.05) is 82.3 Å². The van der Waals surface area contributed by atoms with Gasteiger partial charge in [0.2, 0.25) is 11.8 Å². The average molecular weight is 480 g/mol. The number of hydrogen-bond acceptors (Lipinski definition) is 4. The molecule has 2 aliphatic heterocycles. The van der Waals surface area contributed by atoms with E-state index in [4.69, 9.17) is 0 Å². The van der Waals surface area contributed by atoms with Crippen LogP contribution in [0.15, 0.2) is 54.6 Å². The maximum Gasteiger partial charge on any atom is 0.256 e. The lowest BCUT2D eigenvalue weighted by Gasteiger charge is -2.32. The Morgan fingerprint density at radius 1 is 1.09 bits per heavy atom. The zero-order chi connectivity index (χ0) is 24.5. The first kappa shape index (κ1) is 24.3. The van der Waals surface area contributed by atoms with Gasteiger partial charge >= 0.3 is 0 Å². The summed E-state index contributed by atoms with van der Waals surface area (Å²) in [5.74, 6) is -0.620. The van der Waals surface area contributed by atoms with Gasteiger partial charge in [-0.2, -0.15) is 0 Å². The van der Waals surface area contributed by atoms with Crippen molar-refractivity contribution in [2.24, 2.45) is 5.92 Å². The molecule has 1 fully saturated rings. The predicted molar refractivity (Wildman–Crippen MR) is 135 cm³/mol. The number of carbonyl (C=O) groups excluding carboxylic acids is 3. The lowest BCUT2D eigenvalue weighted by molar-refractivity contribution is -0.132. The van der Waals surface area contributed by atoms with E-state index in [-0.39, 0.29) is 29.0 Å². The predicted octanol–water partition coefficient (Wildman–Crippen LogP) is 3.92. The standard InChI is InChI=1S/C27H33N3O3S/c1-5-17(2)21(23(31)28-16-15-18-11-7-6-8-12-18)29-24(32)22-27(3,4)34-26-20-14-10-9-13-19(20)25(33)30(22)26/h6-14,17,21-22,26H,5,15-16H2,1-4H3,(H,28,31)(H,29,32)/t17-,21+,22+,26+/m1/s1. The molecule has 180 valence electrons. The van der Waals surface area contributed by atoms with Crippen molar-refractivity contribution in [1.29, 1.82) is 0 Å². The number of thioether (sulfide) groups is 1. The van der Waals surface area contributed by atoms with Crippen LogP contribution in [0.5, 0.6) is 0 Å². The Labute approximate surface area is 205 Å². The van der Waals surface area contributed by atoms with E-state index in [2.05, 4.69) is 10.6 Å². The topological polar surface area (TPSA) is 78.5 Å². The minimum atomic E-state index is -0.661. The molecule has 0 aliphatic carbocycles. The molecule has 1 saturated heterocycles. The average Bonchev–Trinajstić information content (AvgIpc) is 3.26. The molecular formula is C27H33N3O3S. The summed E-state index contributed by atoms with van der Waals surface area (Å²) in [6.45, 7) is 8.46. The van der Waals surface area contributed by atoms with Crippen LogP contribution in [0, 0.1) is 5.92 Å². The first-order valence-corrected chi connectivity index (χ1v) is 12.8. The fraction of sp³-hybridized carbons (Fsp3) is 0.444. The molecule has 2 aromatic carbocycles. The van der Waals surface area contributed by atoms with E-state index in [1.54, 1.807) is 16.7 Å². The highest BCUT2D eigenvalue weighted by atomic mass is 32.2. The largest absolute Gasteiger partial charge is 0.354 e. The van der Waals surface area contributed by atoms with Crippen LogP contribution in [0.2, 0.25) is 0 Å². The van der Waals surface area contributed by atoms with Crippen molar-refractivity contribution in [2.45, 2.75) is 62.7 Å². The van der Waals surface area contributed by atoms with Gasteiger partial charge in [0.15, 0.2) is 0 Å². The molecule has 0 unspecified atom stereocenters. The Hall–Kier alpha value is -2.80. The summed E-state index contributed by atoms with van der Waals surface area (Å²) in [5.41, 5.74) is 2.76. The van der Waals surface area contributed by atoms with Crippen LogP contribution in [-0.4, -0.2) is 46.0 Å². The molecule has 0 bridgehead atoms. The number of benzene rings is 2. The van der Waals surface area contributed by atoms with Gasteiger partial charge in [0.1, 0.15) is 17.5 Å². The molecule has 2 heterocycles. The molecule has 2 aliphatic rings. The molecule has 6 nitrogen and oxygen atoms in total. The third kappa shape index (κ3) is 4.58. The van der Waals surface area contributed by atoms with Gasteiger partial charge in [-0.15, -0.1) is 11.8 Å². The van der Waals surface area contributed by atoms with Gasteiger partial charge in [-0.25, -0.2) is 0 Å². The Balaban J connectivity index is 1.48. The number of amides is 3. The second-order valence-corrected chi connectivity index (χ2v) is 11.4. The van der Waals surface area contributed by atoms with Crippen LogP contribution < -0.4 is 10.6 Å². The van der Waals surface area contributed by atoms with Crippen molar-refractivity contribution in [1.82, 2.24) is 15.5 Å². The summed E-state index contributed by atoms with van der Waals surface area (Å²) < 4.78 is -0.484. The summed E-state index contributed by atoms with van der Waals surface area (Å²) in [6.07, 6.45) is 1.47. The highest BCUT2D eigenvalue weighted by molar-refractivity contribution is 8.01. The molecule has 0 spiro atoms. The van der Waals surface area contributed by atoms with Crippen molar-refractivity contribution in [3.8, 4) is 0 Å². The zero-order valence-electron chi connectivity index (χ0n) is 20.2. The number of hydrogen-bond donors (Lipinski definition) is 2. The molecule has 0 saturated carbocycles. The molecular weight excluding hydrogens is 446 g/mol. The van der Waals surface area contributed by atoms with Gasteiger partial charge in [-0.1, -0.05) is 68.8 Å². The number of carbonyl (C=O) groups is 3. The van der Waals surface area contributed by atoms with E-state index in [9.17, 15) is 14.4 Å². The summed E-state index contributed by atoms with van der Waals surface area (Å²) in [7, 11) is 0.